The summed E-state index contributed by atoms with van der Waals surface area (Å²) in [7, 11) is 0. The van der Waals surface area contributed by atoms with Crippen molar-refractivity contribution in [1.82, 2.24) is 0 Å². The molecule has 8 heteroatoms. The van der Waals surface area contributed by atoms with E-state index in [1.54, 1.807) is 0 Å². The first-order chi connectivity index (χ1) is 16.3. The third-order valence-electron chi connectivity index (χ3n) is 6.51. The van der Waals surface area contributed by atoms with Gasteiger partial charge in [0.15, 0.2) is 6.10 Å². The summed E-state index contributed by atoms with van der Waals surface area (Å²) < 4.78 is 5.47. The van der Waals surface area contributed by atoms with Crippen LogP contribution in [0.1, 0.15) is 56.9 Å². The van der Waals surface area contributed by atoms with Crippen molar-refractivity contribution >= 4 is 11.9 Å². The van der Waals surface area contributed by atoms with E-state index >= 15 is 0 Å². The van der Waals surface area contributed by atoms with Crippen LogP contribution in [0.3, 0.4) is 0 Å². The molecule has 1 aromatic rings. The summed E-state index contributed by atoms with van der Waals surface area (Å²) in [5.74, 6) is -2.00. The number of esters is 1. The molecule has 0 aliphatic heterocycles. The maximum atomic E-state index is 12.1. The van der Waals surface area contributed by atoms with Crippen molar-refractivity contribution in [1.29, 1.82) is 0 Å². The highest BCUT2D eigenvalue weighted by Gasteiger charge is 2.41. The molecule has 6 atom stereocenters. The normalized spacial score (nSPS) is 24.2. The number of rotatable bonds is 15. The Morgan fingerprint density at radius 3 is 2.44 bits per heavy atom. The molecule has 5 N–H and O–H groups in total. The molecule has 1 aliphatic carbocycles. The number of carbonyl (C=O) groups excluding carboxylic acids is 1. The highest BCUT2D eigenvalue weighted by molar-refractivity contribution is 5.74. The van der Waals surface area contributed by atoms with Crippen LogP contribution in [0.5, 0.6) is 0 Å². The van der Waals surface area contributed by atoms with Crippen LogP contribution in [0.15, 0.2) is 42.5 Å². The lowest BCUT2D eigenvalue weighted by Crippen LogP contribution is -2.32. The lowest BCUT2D eigenvalue weighted by Gasteiger charge is -2.25. The SMILES string of the molecule is O=C(O)CCCC=CCC1C(O)CC(O)C1CCC(CCc1ccccc1)OC(=O)C(O)CO. The number of carbonyl (C=O) groups is 2. The highest BCUT2D eigenvalue weighted by Crippen LogP contribution is 2.38. The van der Waals surface area contributed by atoms with Gasteiger partial charge in [-0.25, -0.2) is 4.79 Å². The Morgan fingerprint density at radius 1 is 1.06 bits per heavy atom. The number of ether oxygens (including phenoxy) is 1. The number of aryl methyl sites for hydroxylation is 1. The van der Waals surface area contributed by atoms with Crippen LogP contribution in [0.25, 0.3) is 0 Å². The number of aliphatic hydroxyl groups excluding tert-OH is 4. The minimum absolute atomic E-state index is 0.117. The summed E-state index contributed by atoms with van der Waals surface area (Å²) >= 11 is 0. The molecule has 34 heavy (non-hydrogen) atoms. The number of hydrogen-bond acceptors (Lipinski definition) is 7. The van der Waals surface area contributed by atoms with Crippen molar-refractivity contribution in [3.8, 4) is 0 Å². The molecule has 0 radical (unpaired) electrons. The van der Waals surface area contributed by atoms with Gasteiger partial charge in [0.05, 0.1) is 18.8 Å². The van der Waals surface area contributed by atoms with E-state index in [-0.39, 0.29) is 18.3 Å². The smallest absolute Gasteiger partial charge is 0.337 e. The van der Waals surface area contributed by atoms with Gasteiger partial charge in [0, 0.05) is 6.42 Å². The second kappa shape index (κ2) is 14.9. The van der Waals surface area contributed by atoms with Gasteiger partial charge in [-0.1, -0.05) is 42.5 Å². The van der Waals surface area contributed by atoms with Crippen LogP contribution in [-0.4, -0.2) is 68.5 Å². The largest absolute Gasteiger partial charge is 0.481 e. The average molecular weight is 479 g/mol. The van der Waals surface area contributed by atoms with Crippen molar-refractivity contribution in [2.45, 2.75) is 82.2 Å². The average Bonchev–Trinajstić information content (AvgIpc) is 3.09. The van der Waals surface area contributed by atoms with E-state index in [9.17, 15) is 24.9 Å². The van der Waals surface area contributed by atoms with Crippen molar-refractivity contribution in [3.05, 3.63) is 48.0 Å². The Morgan fingerprint density at radius 2 is 1.76 bits per heavy atom. The van der Waals surface area contributed by atoms with E-state index in [4.69, 9.17) is 14.9 Å². The second-order valence-corrected chi connectivity index (χ2v) is 9.05. The highest BCUT2D eigenvalue weighted by atomic mass is 16.6. The van der Waals surface area contributed by atoms with E-state index in [2.05, 4.69) is 0 Å². The predicted octanol–water partition coefficient (Wildman–Crippen LogP) is 2.22. The molecule has 1 aliphatic rings. The molecule has 0 amide bonds. The summed E-state index contributed by atoms with van der Waals surface area (Å²) in [5, 5.41) is 48.3. The molecule has 0 heterocycles. The quantitative estimate of drug-likeness (QED) is 0.147. The van der Waals surface area contributed by atoms with E-state index in [1.807, 2.05) is 42.5 Å². The summed E-state index contributed by atoms with van der Waals surface area (Å²) in [4.78, 5) is 22.7. The molecule has 0 spiro atoms. The minimum Gasteiger partial charge on any atom is -0.481 e. The third kappa shape index (κ3) is 9.54. The Kier molecular flexibility index (Phi) is 12.2. The molecule has 1 saturated carbocycles. The lowest BCUT2D eigenvalue weighted by atomic mass is 9.85. The standard InChI is InChI=1S/C26H38O8/c27-17-24(30)26(33)34-19(13-12-18-8-4-3-5-9-18)14-15-21-20(22(28)16-23(21)29)10-6-1-2-7-11-25(31)32/h1,3-6,8-9,19-24,27-30H,2,7,10-17H2,(H,31,32). The number of benzene rings is 1. The first-order valence-corrected chi connectivity index (χ1v) is 12.1. The Labute approximate surface area is 200 Å². The maximum absolute atomic E-state index is 12.1. The van der Waals surface area contributed by atoms with Gasteiger partial charge in [0.2, 0.25) is 0 Å². The van der Waals surface area contributed by atoms with Gasteiger partial charge >= 0.3 is 11.9 Å². The van der Waals surface area contributed by atoms with E-state index in [0.717, 1.165) is 5.56 Å². The van der Waals surface area contributed by atoms with Crippen LogP contribution < -0.4 is 0 Å². The van der Waals surface area contributed by atoms with Crippen molar-refractivity contribution in [3.63, 3.8) is 0 Å². The van der Waals surface area contributed by atoms with E-state index in [0.29, 0.717) is 51.4 Å². The number of aliphatic carboxylic acids is 1. The number of unbranched alkanes of at least 4 members (excludes halogenated alkanes) is 1. The zero-order chi connectivity index (χ0) is 24.9. The fourth-order valence-corrected chi connectivity index (χ4v) is 4.58. The molecule has 8 nitrogen and oxygen atoms in total. The first kappa shape index (κ1) is 28.0. The van der Waals surface area contributed by atoms with Crippen molar-refractivity contribution in [2.75, 3.05) is 6.61 Å². The summed E-state index contributed by atoms with van der Waals surface area (Å²) in [5.41, 5.74) is 1.09. The molecule has 0 saturated heterocycles. The summed E-state index contributed by atoms with van der Waals surface area (Å²) in [6, 6.07) is 9.75. The molecule has 0 bridgehead atoms. The van der Waals surface area contributed by atoms with Crippen molar-refractivity contribution in [2.24, 2.45) is 11.8 Å². The number of carboxylic acids is 1. The number of carboxylic acid groups (broad SMARTS) is 1. The third-order valence-corrected chi connectivity index (χ3v) is 6.51. The summed E-state index contributed by atoms with van der Waals surface area (Å²) in [6.07, 6.45) is 4.87. The van der Waals surface area contributed by atoms with Gasteiger partial charge in [-0.05, 0) is 68.8 Å². The van der Waals surface area contributed by atoms with Crippen LogP contribution in [-0.2, 0) is 20.7 Å². The van der Waals surface area contributed by atoms with E-state index in [1.165, 1.54) is 0 Å². The first-order valence-electron chi connectivity index (χ1n) is 12.1. The minimum atomic E-state index is -1.59. The predicted molar refractivity (Wildman–Crippen MR) is 126 cm³/mol. The number of allylic oxidation sites excluding steroid dienone is 2. The molecular weight excluding hydrogens is 440 g/mol. The fourth-order valence-electron chi connectivity index (χ4n) is 4.58. The van der Waals surface area contributed by atoms with Gasteiger partial charge in [0.1, 0.15) is 6.10 Å². The topological polar surface area (TPSA) is 145 Å². The van der Waals surface area contributed by atoms with Crippen LogP contribution in [0, 0.1) is 11.8 Å². The second-order valence-electron chi connectivity index (χ2n) is 9.05. The van der Waals surface area contributed by atoms with Crippen molar-refractivity contribution < 1.29 is 39.9 Å². The van der Waals surface area contributed by atoms with Gasteiger partial charge < -0.3 is 30.3 Å². The molecular formula is C26H38O8. The summed E-state index contributed by atoms with van der Waals surface area (Å²) in [6.45, 7) is -0.710. The molecule has 190 valence electrons. The maximum Gasteiger partial charge on any atom is 0.337 e. The number of aliphatic hydroxyl groups is 4. The molecule has 6 unspecified atom stereocenters. The van der Waals surface area contributed by atoms with Gasteiger partial charge in [0.25, 0.3) is 0 Å². The van der Waals surface area contributed by atoms with Gasteiger partial charge in [-0.3, -0.25) is 4.79 Å². The lowest BCUT2D eigenvalue weighted by molar-refractivity contribution is -0.162. The molecule has 0 aromatic heterocycles. The van der Waals surface area contributed by atoms with Crippen LogP contribution in [0.2, 0.25) is 0 Å². The molecule has 1 aromatic carbocycles. The van der Waals surface area contributed by atoms with Gasteiger partial charge in [-0.15, -0.1) is 0 Å². The molecule has 1 fully saturated rings. The monoisotopic (exact) mass is 478 g/mol. The molecule has 2 rings (SSSR count). The Bertz CT molecular complexity index is 765. The van der Waals surface area contributed by atoms with E-state index < -0.39 is 43.0 Å². The fraction of sp³-hybridized carbons (Fsp3) is 0.615. The zero-order valence-corrected chi connectivity index (χ0v) is 19.5. The number of hydrogen-bond donors (Lipinski definition) is 5. The van der Waals surface area contributed by atoms with Crippen LogP contribution >= 0.6 is 0 Å². The van der Waals surface area contributed by atoms with Crippen LogP contribution in [0.4, 0.5) is 0 Å². The van der Waals surface area contributed by atoms with Gasteiger partial charge in [-0.2, -0.15) is 0 Å². The zero-order valence-electron chi connectivity index (χ0n) is 19.5. The Balaban J connectivity index is 1.94. The Hall–Kier alpha value is -2.26.